The van der Waals surface area contributed by atoms with E-state index in [1.165, 1.54) is 49.0 Å². The number of carbonyl (C=O) groups is 2. The molecule has 0 unspecified atom stereocenters. The highest BCUT2D eigenvalue weighted by molar-refractivity contribution is 7.92. The molecule has 0 aliphatic heterocycles. The normalized spacial score (nSPS) is 11.2. The Bertz CT molecular complexity index is 1630. The first kappa shape index (κ1) is 28.9. The van der Waals surface area contributed by atoms with Crippen molar-refractivity contribution in [1.29, 1.82) is 0 Å². The molecule has 0 fully saturated rings. The number of unbranched alkanes of at least 4 members (excludes halogenated alkanes) is 1. The van der Waals surface area contributed by atoms with Gasteiger partial charge in [-0.2, -0.15) is 0 Å². The zero-order valence-corrected chi connectivity index (χ0v) is 24.2. The van der Waals surface area contributed by atoms with Gasteiger partial charge in [0, 0.05) is 23.5 Å². The fourth-order valence-electron chi connectivity index (χ4n) is 3.89. The lowest BCUT2D eigenvalue weighted by Gasteiger charge is -2.20. The lowest BCUT2D eigenvalue weighted by Crippen LogP contribution is -2.26. The molecular weight excluding hydrogens is 552 g/mol. The molecule has 3 aromatic carbocycles. The van der Waals surface area contributed by atoms with Gasteiger partial charge in [-0.25, -0.2) is 13.2 Å². The number of ether oxygens (including phenoxy) is 3. The van der Waals surface area contributed by atoms with Crippen LogP contribution in [0.2, 0.25) is 0 Å². The second kappa shape index (κ2) is 12.4. The van der Waals surface area contributed by atoms with Gasteiger partial charge in [0.05, 0.1) is 41.8 Å². The highest BCUT2D eigenvalue weighted by atomic mass is 32.2. The average molecular weight is 583 g/mol. The van der Waals surface area contributed by atoms with Crippen LogP contribution in [-0.2, 0) is 14.8 Å². The number of esters is 1. The minimum atomic E-state index is -3.90. The Hall–Kier alpha value is -4.09. The Morgan fingerprint density at radius 1 is 0.925 bits per heavy atom. The van der Waals surface area contributed by atoms with Gasteiger partial charge in [0.1, 0.15) is 0 Å². The van der Waals surface area contributed by atoms with Crippen molar-refractivity contribution in [1.82, 2.24) is 0 Å². The van der Waals surface area contributed by atoms with Gasteiger partial charge in [-0.3, -0.25) is 9.10 Å². The van der Waals surface area contributed by atoms with Gasteiger partial charge in [0.25, 0.3) is 15.9 Å². The van der Waals surface area contributed by atoms with Crippen LogP contribution in [0.4, 0.5) is 11.4 Å². The monoisotopic (exact) mass is 582 g/mol. The summed E-state index contributed by atoms with van der Waals surface area (Å²) < 4.78 is 44.3. The molecule has 1 amide bonds. The van der Waals surface area contributed by atoms with E-state index >= 15 is 0 Å². The molecule has 0 aliphatic rings. The van der Waals surface area contributed by atoms with Crippen LogP contribution in [0.3, 0.4) is 0 Å². The first-order valence-electron chi connectivity index (χ1n) is 12.5. The highest BCUT2D eigenvalue weighted by Crippen LogP contribution is 2.34. The SMILES string of the molecule is CCCCOC(=O)c1ccc(NC(=O)c2cc3cc(N(C)S(=O)(=O)c4ccc(OC)c(OC)c4)ccc3s2)cc1. The van der Waals surface area contributed by atoms with E-state index in [9.17, 15) is 18.0 Å². The smallest absolute Gasteiger partial charge is 0.338 e. The molecule has 0 aliphatic carbocycles. The first-order valence-corrected chi connectivity index (χ1v) is 14.8. The van der Waals surface area contributed by atoms with Gasteiger partial charge < -0.3 is 19.5 Å². The zero-order valence-electron chi connectivity index (χ0n) is 22.6. The zero-order chi connectivity index (χ0) is 28.9. The number of hydrogen-bond donors (Lipinski definition) is 1. The minimum absolute atomic E-state index is 0.0540. The van der Waals surface area contributed by atoms with Gasteiger partial charge >= 0.3 is 5.97 Å². The van der Waals surface area contributed by atoms with Crippen LogP contribution in [0.15, 0.2) is 71.6 Å². The third-order valence-corrected chi connectivity index (χ3v) is 9.11. The van der Waals surface area contributed by atoms with E-state index in [2.05, 4.69) is 5.32 Å². The van der Waals surface area contributed by atoms with Crippen molar-refractivity contribution in [3.05, 3.63) is 77.2 Å². The largest absolute Gasteiger partial charge is 0.493 e. The van der Waals surface area contributed by atoms with Crippen molar-refractivity contribution < 1.29 is 32.2 Å². The summed E-state index contributed by atoms with van der Waals surface area (Å²) in [5, 5.41) is 3.56. The summed E-state index contributed by atoms with van der Waals surface area (Å²) in [6.45, 7) is 2.39. The van der Waals surface area contributed by atoms with Crippen LogP contribution in [-0.4, -0.2) is 48.2 Å². The van der Waals surface area contributed by atoms with Crippen LogP contribution >= 0.6 is 11.3 Å². The number of benzene rings is 3. The lowest BCUT2D eigenvalue weighted by atomic mass is 10.2. The van der Waals surface area contributed by atoms with Gasteiger partial charge in [-0.1, -0.05) is 13.3 Å². The number of nitrogens with one attached hydrogen (secondary N) is 1. The summed E-state index contributed by atoms with van der Waals surface area (Å²) in [4.78, 5) is 25.5. The van der Waals surface area contributed by atoms with Gasteiger partial charge in [0.2, 0.25) is 0 Å². The van der Waals surface area contributed by atoms with E-state index in [1.54, 1.807) is 54.6 Å². The number of amides is 1. The Morgan fingerprint density at radius 3 is 2.33 bits per heavy atom. The number of hydrogen-bond acceptors (Lipinski definition) is 8. The molecular formula is C29H30N2O7S2. The summed E-state index contributed by atoms with van der Waals surface area (Å²) in [6.07, 6.45) is 1.74. The molecule has 0 atom stereocenters. The number of carbonyl (C=O) groups excluding carboxylic acids is 2. The molecule has 0 bridgehead atoms. The predicted molar refractivity (Wildman–Crippen MR) is 157 cm³/mol. The van der Waals surface area contributed by atoms with E-state index in [0.29, 0.717) is 39.9 Å². The Morgan fingerprint density at radius 2 is 1.65 bits per heavy atom. The van der Waals surface area contributed by atoms with Gasteiger partial charge in [-0.15, -0.1) is 11.3 Å². The second-order valence-corrected chi connectivity index (χ2v) is 11.9. The number of nitrogens with zero attached hydrogens (tertiary/aromatic N) is 1. The molecule has 0 saturated heterocycles. The van der Waals surface area contributed by atoms with Crippen molar-refractivity contribution in [3.8, 4) is 11.5 Å². The summed E-state index contributed by atoms with van der Waals surface area (Å²) in [7, 11) is 0.492. The molecule has 1 aromatic heterocycles. The van der Waals surface area contributed by atoms with Crippen molar-refractivity contribution >= 4 is 54.7 Å². The summed E-state index contributed by atoms with van der Waals surface area (Å²) >= 11 is 1.29. The van der Waals surface area contributed by atoms with Crippen molar-refractivity contribution in [2.45, 2.75) is 24.7 Å². The Kier molecular flexibility index (Phi) is 8.96. The average Bonchev–Trinajstić information content (AvgIpc) is 3.40. The maximum absolute atomic E-state index is 13.3. The van der Waals surface area contributed by atoms with Crippen LogP contribution in [0.25, 0.3) is 10.1 Å². The highest BCUT2D eigenvalue weighted by Gasteiger charge is 2.24. The molecule has 0 saturated carbocycles. The van der Waals surface area contributed by atoms with E-state index in [0.717, 1.165) is 22.9 Å². The molecule has 11 heteroatoms. The van der Waals surface area contributed by atoms with E-state index in [1.807, 2.05) is 6.92 Å². The molecule has 40 heavy (non-hydrogen) atoms. The maximum Gasteiger partial charge on any atom is 0.338 e. The number of rotatable bonds is 11. The molecule has 210 valence electrons. The number of thiophene rings is 1. The van der Waals surface area contributed by atoms with Crippen molar-refractivity contribution in [2.24, 2.45) is 0 Å². The summed E-state index contributed by atoms with van der Waals surface area (Å²) in [5.41, 5.74) is 1.39. The van der Waals surface area contributed by atoms with E-state index in [4.69, 9.17) is 14.2 Å². The fraction of sp³-hybridized carbons (Fsp3) is 0.241. The lowest BCUT2D eigenvalue weighted by molar-refractivity contribution is 0.0499. The molecule has 9 nitrogen and oxygen atoms in total. The van der Waals surface area contributed by atoms with Crippen molar-refractivity contribution in [3.63, 3.8) is 0 Å². The van der Waals surface area contributed by atoms with E-state index < -0.39 is 16.0 Å². The number of anilines is 2. The van der Waals surface area contributed by atoms with E-state index in [-0.39, 0.29) is 10.8 Å². The third-order valence-electron chi connectivity index (χ3n) is 6.21. The Balaban J connectivity index is 1.49. The summed E-state index contributed by atoms with van der Waals surface area (Å²) in [6, 6.07) is 17.8. The van der Waals surface area contributed by atoms with Crippen LogP contribution in [0.5, 0.6) is 11.5 Å². The third kappa shape index (κ3) is 6.21. The molecule has 4 aromatic rings. The second-order valence-electron chi connectivity index (χ2n) is 8.84. The molecule has 1 heterocycles. The fourth-order valence-corrected chi connectivity index (χ4v) is 6.03. The van der Waals surface area contributed by atoms with Crippen LogP contribution in [0.1, 0.15) is 39.8 Å². The molecule has 0 radical (unpaired) electrons. The standard InChI is InChI=1S/C29H30N2O7S2/c1-5-6-15-38-29(33)19-7-9-21(10-8-19)30-28(32)27-17-20-16-22(11-14-26(20)39-27)31(2)40(34,35)23-12-13-24(36-3)25(18-23)37-4/h7-14,16-18H,5-6,15H2,1-4H3,(H,30,32). The minimum Gasteiger partial charge on any atom is -0.493 e. The summed E-state index contributed by atoms with van der Waals surface area (Å²) in [5.74, 6) is 0.0231. The number of fused-ring (bicyclic) bond motifs is 1. The first-order chi connectivity index (χ1) is 19.2. The predicted octanol–water partition coefficient (Wildman–Crippen LogP) is 5.95. The molecule has 4 rings (SSSR count). The number of sulfonamides is 1. The van der Waals surface area contributed by atoms with Crippen LogP contribution < -0.4 is 19.1 Å². The maximum atomic E-state index is 13.3. The van der Waals surface area contributed by atoms with Gasteiger partial charge in [-0.05, 0) is 72.5 Å². The topological polar surface area (TPSA) is 111 Å². The quantitative estimate of drug-likeness (QED) is 0.172. The Labute approximate surface area is 237 Å². The van der Waals surface area contributed by atoms with Gasteiger partial charge in [0.15, 0.2) is 11.5 Å². The number of methoxy groups -OCH3 is 2. The van der Waals surface area contributed by atoms with Crippen molar-refractivity contribution in [2.75, 3.05) is 37.5 Å². The molecule has 1 N–H and O–H groups in total. The molecule has 0 spiro atoms. The van der Waals surface area contributed by atoms with Crippen LogP contribution in [0, 0.1) is 0 Å².